The number of benzene rings is 1. The van der Waals surface area contributed by atoms with Crippen LogP contribution in [0.15, 0.2) is 23.1 Å². The van der Waals surface area contributed by atoms with E-state index in [0.29, 0.717) is 14.9 Å². The van der Waals surface area contributed by atoms with Gasteiger partial charge in [-0.05, 0) is 32.0 Å². The van der Waals surface area contributed by atoms with E-state index in [4.69, 9.17) is 28.3 Å². The molecule has 19 heavy (non-hydrogen) atoms. The minimum Gasteiger partial charge on any atom is -0.480 e. The molecule has 2 N–H and O–H groups in total. The molecule has 0 heterocycles. The highest BCUT2D eigenvalue weighted by atomic mass is 35.5. The average Bonchev–Trinajstić information content (AvgIpc) is 2.33. The van der Waals surface area contributed by atoms with Crippen LogP contribution in [0, 0.1) is 0 Å². The molecular formula is C12H13Cl2NO3S. The summed E-state index contributed by atoms with van der Waals surface area (Å²) in [5.41, 5.74) is 0. The van der Waals surface area contributed by atoms with Crippen molar-refractivity contribution in [2.75, 3.05) is 0 Å². The van der Waals surface area contributed by atoms with Gasteiger partial charge in [0, 0.05) is 9.92 Å². The van der Waals surface area contributed by atoms with Crippen molar-refractivity contribution in [2.45, 2.75) is 30.0 Å². The Morgan fingerprint density at radius 1 is 1.32 bits per heavy atom. The first kappa shape index (κ1) is 16.1. The van der Waals surface area contributed by atoms with Crippen LogP contribution in [0.1, 0.15) is 13.8 Å². The summed E-state index contributed by atoms with van der Waals surface area (Å²) in [6.45, 7) is 3.08. The predicted molar refractivity (Wildman–Crippen MR) is 77.0 cm³/mol. The van der Waals surface area contributed by atoms with Crippen molar-refractivity contribution in [3.63, 3.8) is 0 Å². The highest BCUT2D eigenvalue weighted by molar-refractivity contribution is 8.00. The van der Waals surface area contributed by atoms with Crippen LogP contribution in [-0.2, 0) is 9.59 Å². The number of carboxylic acid groups (broad SMARTS) is 1. The maximum Gasteiger partial charge on any atom is 0.325 e. The van der Waals surface area contributed by atoms with Crippen LogP contribution < -0.4 is 5.32 Å². The summed E-state index contributed by atoms with van der Waals surface area (Å²) in [6.07, 6.45) is 0. The molecule has 0 aliphatic carbocycles. The molecule has 104 valence electrons. The quantitative estimate of drug-likeness (QED) is 0.818. The molecule has 0 aliphatic heterocycles. The zero-order chi connectivity index (χ0) is 14.6. The number of carbonyl (C=O) groups is 2. The Labute approximate surface area is 125 Å². The first-order chi connectivity index (χ1) is 8.81. The van der Waals surface area contributed by atoms with E-state index >= 15 is 0 Å². The van der Waals surface area contributed by atoms with Crippen molar-refractivity contribution in [2.24, 2.45) is 0 Å². The topological polar surface area (TPSA) is 66.4 Å². The number of thioether (sulfide) groups is 1. The first-order valence-electron chi connectivity index (χ1n) is 5.46. The largest absolute Gasteiger partial charge is 0.480 e. The Bertz CT molecular complexity index is 496. The predicted octanol–water partition coefficient (Wildman–Crippen LogP) is 3.06. The molecule has 0 saturated carbocycles. The maximum absolute atomic E-state index is 11.8. The molecule has 0 fully saturated rings. The number of carbonyl (C=O) groups excluding carboxylic acids is 1. The van der Waals surface area contributed by atoms with Gasteiger partial charge in [-0.3, -0.25) is 9.59 Å². The SMILES string of the molecule is CC(Sc1cc(Cl)ccc1Cl)C(=O)N[C@H](C)C(=O)O. The lowest BCUT2D eigenvalue weighted by molar-refractivity contribution is -0.141. The minimum atomic E-state index is -1.08. The van der Waals surface area contributed by atoms with E-state index in [1.165, 1.54) is 18.7 Å². The zero-order valence-corrected chi connectivity index (χ0v) is 12.6. The van der Waals surface area contributed by atoms with Gasteiger partial charge >= 0.3 is 5.97 Å². The Morgan fingerprint density at radius 3 is 2.53 bits per heavy atom. The molecule has 1 rings (SSSR count). The normalized spacial score (nSPS) is 13.7. The molecule has 4 nitrogen and oxygen atoms in total. The van der Waals surface area contributed by atoms with Gasteiger partial charge in [0.05, 0.1) is 10.3 Å². The second kappa shape index (κ2) is 7.03. The van der Waals surface area contributed by atoms with Gasteiger partial charge in [0.15, 0.2) is 0 Å². The van der Waals surface area contributed by atoms with E-state index in [9.17, 15) is 9.59 Å². The molecule has 7 heteroatoms. The van der Waals surface area contributed by atoms with Crippen molar-refractivity contribution in [1.82, 2.24) is 5.32 Å². The van der Waals surface area contributed by atoms with Gasteiger partial charge in [0.25, 0.3) is 0 Å². The molecule has 0 bridgehead atoms. The number of hydrogen-bond acceptors (Lipinski definition) is 3. The van der Waals surface area contributed by atoms with E-state index in [1.54, 1.807) is 25.1 Å². The van der Waals surface area contributed by atoms with Gasteiger partial charge in [-0.15, -0.1) is 11.8 Å². The van der Waals surface area contributed by atoms with Gasteiger partial charge in [-0.25, -0.2) is 0 Å². The fraction of sp³-hybridized carbons (Fsp3) is 0.333. The van der Waals surface area contributed by atoms with Gasteiger partial charge in [-0.2, -0.15) is 0 Å². The van der Waals surface area contributed by atoms with Crippen LogP contribution in [0.25, 0.3) is 0 Å². The van der Waals surface area contributed by atoms with E-state index in [-0.39, 0.29) is 5.91 Å². The summed E-state index contributed by atoms with van der Waals surface area (Å²) < 4.78 is 0. The van der Waals surface area contributed by atoms with Crippen LogP contribution in [-0.4, -0.2) is 28.3 Å². The van der Waals surface area contributed by atoms with Crippen LogP contribution >= 0.6 is 35.0 Å². The Hall–Kier alpha value is -0.910. The average molecular weight is 322 g/mol. The highest BCUT2D eigenvalue weighted by Gasteiger charge is 2.20. The summed E-state index contributed by atoms with van der Waals surface area (Å²) in [5, 5.41) is 11.7. The van der Waals surface area contributed by atoms with E-state index in [0.717, 1.165) is 0 Å². The van der Waals surface area contributed by atoms with Crippen LogP contribution in [0.5, 0.6) is 0 Å². The second-order valence-electron chi connectivity index (χ2n) is 3.90. The van der Waals surface area contributed by atoms with Crippen molar-refractivity contribution in [3.8, 4) is 0 Å². The summed E-state index contributed by atoms with van der Waals surface area (Å²) >= 11 is 13.1. The summed E-state index contributed by atoms with van der Waals surface area (Å²) in [6, 6.07) is 4.05. The molecule has 1 amide bonds. The minimum absolute atomic E-state index is 0.365. The van der Waals surface area contributed by atoms with Crippen molar-refractivity contribution in [3.05, 3.63) is 28.2 Å². The van der Waals surface area contributed by atoms with Gasteiger partial charge in [-0.1, -0.05) is 23.2 Å². The lowest BCUT2D eigenvalue weighted by Gasteiger charge is -2.15. The highest BCUT2D eigenvalue weighted by Crippen LogP contribution is 2.32. The maximum atomic E-state index is 11.8. The molecule has 0 aliphatic rings. The molecule has 1 aromatic carbocycles. The Morgan fingerprint density at radius 2 is 1.95 bits per heavy atom. The monoisotopic (exact) mass is 321 g/mol. The summed E-state index contributed by atoms with van der Waals surface area (Å²) in [5.74, 6) is -1.44. The lowest BCUT2D eigenvalue weighted by Crippen LogP contribution is -2.42. The molecular weight excluding hydrogens is 309 g/mol. The number of aliphatic carboxylic acids is 1. The Kier molecular flexibility index (Phi) is 5.97. The molecule has 1 unspecified atom stereocenters. The zero-order valence-electron chi connectivity index (χ0n) is 10.3. The van der Waals surface area contributed by atoms with E-state index < -0.39 is 17.3 Å². The molecule has 0 radical (unpaired) electrons. The lowest BCUT2D eigenvalue weighted by atomic mass is 10.3. The van der Waals surface area contributed by atoms with E-state index in [2.05, 4.69) is 5.32 Å². The number of halogens is 2. The number of nitrogens with one attached hydrogen (secondary N) is 1. The van der Waals surface area contributed by atoms with Crippen molar-refractivity contribution in [1.29, 1.82) is 0 Å². The number of carboxylic acids is 1. The van der Waals surface area contributed by atoms with Gasteiger partial charge in [0.1, 0.15) is 6.04 Å². The molecule has 0 saturated heterocycles. The van der Waals surface area contributed by atoms with Crippen molar-refractivity contribution < 1.29 is 14.7 Å². The third-order valence-electron chi connectivity index (χ3n) is 2.30. The standard InChI is InChI=1S/C12H13Cl2NO3S/c1-6(12(17)18)15-11(16)7(2)19-10-5-8(13)3-4-9(10)14/h3-7H,1-2H3,(H,15,16)(H,17,18)/t6-,7?/m1/s1. The van der Waals surface area contributed by atoms with E-state index in [1.807, 2.05) is 0 Å². The first-order valence-corrected chi connectivity index (χ1v) is 7.09. The van der Waals surface area contributed by atoms with Crippen molar-refractivity contribution >= 4 is 46.8 Å². The van der Waals surface area contributed by atoms with Crippen LogP contribution in [0.4, 0.5) is 0 Å². The molecule has 1 aromatic rings. The van der Waals surface area contributed by atoms with Crippen LogP contribution in [0.3, 0.4) is 0 Å². The van der Waals surface area contributed by atoms with Gasteiger partial charge in [0.2, 0.25) is 5.91 Å². The fourth-order valence-electron chi connectivity index (χ4n) is 1.20. The summed E-state index contributed by atoms with van der Waals surface area (Å²) in [4.78, 5) is 23.1. The smallest absolute Gasteiger partial charge is 0.325 e. The van der Waals surface area contributed by atoms with Gasteiger partial charge < -0.3 is 10.4 Å². The number of amides is 1. The second-order valence-corrected chi connectivity index (χ2v) is 6.13. The fourth-order valence-corrected chi connectivity index (χ4v) is 2.62. The third-order valence-corrected chi connectivity index (χ3v) is 4.13. The molecule has 0 aromatic heterocycles. The molecule has 0 spiro atoms. The number of rotatable bonds is 5. The third kappa shape index (κ3) is 4.93. The summed E-state index contributed by atoms with van der Waals surface area (Å²) in [7, 11) is 0. The van der Waals surface area contributed by atoms with Crippen LogP contribution in [0.2, 0.25) is 10.0 Å². The number of hydrogen-bond donors (Lipinski definition) is 2. The Balaban J connectivity index is 2.68. The molecule has 2 atom stereocenters.